The number of pyridine rings is 1. The molecule has 2 aliphatic rings. The van der Waals surface area contributed by atoms with Crippen molar-refractivity contribution in [3.8, 4) is 0 Å². The molecule has 0 bridgehead atoms. The Morgan fingerprint density at radius 1 is 1.13 bits per heavy atom. The van der Waals surface area contributed by atoms with Gasteiger partial charge >= 0.3 is 18.0 Å². The van der Waals surface area contributed by atoms with E-state index in [-0.39, 0.29) is 49.8 Å². The minimum absolute atomic E-state index is 0.166. The summed E-state index contributed by atoms with van der Waals surface area (Å²) in [5.74, 6) is 0.274. The first kappa shape index (κ1) is 27.6. The van der Waals surface area contributed by atoms with Crippen LogP contribution in [0.15, 0.2) is 46.2 Å². The number of aromatic nitrogens is 3. The number of amides is 1. The molecule has 210 valence electrons. The molecule has 8 nitrogen and oxygen atoms in total. The number of thiol groups is 1. The minimum atomic E-state index is -4.61. The largest absolute Gasteiger partial charge is 0.444 e. The van der Waals surface area contributed by atoms with E-state index >= 15 is 0 Å². The zero-order valence-corrected chi connectivity index (χ0v) is 23.4. The number of benzene rings is 1. The lowest BCUT2D eigenvalue weighted by Gasteiger charge is -2.36. The van der Waals surface area contributed by atoms with Crippen molar-refractivity contribution in [2.24, 2.45) is 0 Å². The first-order chi connectivity index (χ1) is 18.3. The van der Waals surface area contributed by atoms with Crippen molar-refractivity contribution >= 4 is 43.6 Å². The molecule has 13 heteroatoms. The number of carbonyl (C=O) groups is 1. The van der Waals surface area contributed by atoms with Gasteiger partial charge in [-0.05, 0) is 45.0 Å². The molecular weight excluding hydrogens is 555 g/mol. The average molecular weight is 584 g/mol. The second-order valence-electron chi connectivity index (χ2n) is 10.7. The van der Waals surface area contributed by atoms with E-state index in [1.165, 1.54) is 4.57 Å². The van der Waals surface area contributed by atoms with Gasteiger partial charge in [-0.3, -0.25) is 9.55 Å². The van der Waals surface area contributed by atoms with Crippen molar-refractivity contribution in [2.75, 3.05) is 36.8 Å². The Bertz CT molecular complexity index is 1450. The summed E-state index contributed by atoms with van der Waals surface area (Å²) in [6.45, 7) is 6.64. The highest BCUT2D eigenvalue weighted by molar-refractivity contribution is 8.36. The normalized spacial score (nSPS) is 21.1. The fraction of sp³-hybridized carbons (Fsp3) is 0.462. The van der Waals surface area contributed by atoms with Crippen LogP contribution in [0.1, 0.15) is 37.9 Å². The Hall–Kier alpha value is -2.99. The molecule has 2 aromatic heterocycles. The van der Waals surface area contributed by atoms with E-state index in [2.05, 4.69) is 9.97 Å². The quantitative estimate of drug-likeness (QED) is 0.419. The van der Waals surface area contributed by atoms with Crippen molar-refractivity contribution < 1.29 is 22.7 Å². The Kier molecular flexibility index (Phi) is 7.21. The summed E-state index contributed by atoms with van der Waals surface area (Å²) in [7, 11) is 5.28. The van der Waals surface area contributed by atoms with Gasteiger partial charge in [-0.15, -0.1) is 10.1 Å². The molecule has 2 atom stereocenters. The van der Waals surface area contributed by atoms with Gasteiger partial charge < -0.3 is 14.5 Å². The van der Waals surface area contributed by atoms with Crippen molar-refractivity contribution in [2.45, 2.75) is 49.9 Å². The summed E-state index contributed by atoms with van der Waals surface area (Å²) in [4.78, 5) is 38.2. The highest BCUT2D eigenvalue weighted by Gasteiger charge is 2.36. The summed E-state index contributed by atoms with van der Waals surface area (Å²) in [6, 6.07) is 7.56. The van der Waals surface area contributed by atoms with Gasteiger partial charge in [0, 0.05) is 66.6 Å². The first-order valence-electron chi connectivity index (χ1n) is 12.5. The van der Waals surface area contributed by atoms with Crippen molar-refractivity contribution in [3.63, 3.8) is 0 Å². The molecule has 0 saturated carbocycles. The van der Waals surface area contributed by atoms with Crippen LogP contribution in [0.5, 0.6) is 0 Å². The van der Waals surface area contributed by atoms with Crippen molar-refractivity contribution in [3.05, 3.63) is 58.3 Å². The number of rotatable bonds is 2. The van der Waals surface area contributed by atoms with Crippen LogP contribution >= 0.6 is 20.8 Å². The fourth-order valence-electron chi connectivity index (χ4n) is 4.94. The van der Waals surface area contributed by atoms with E-state index in [1.807, 2.05) is 12.1 Å². The predicted molar refractivity (Wildman–Crippen MR) is 146 cm³/mol. The zero-order chi connectivity index (χ0) is 28.1. The Labute approximate surface area is 230 Å². The van der Waals surface area contributed by atoms with Gasteiger partial charge in [0.2, 0.25) is 0 Å². The van der Waals surface area contributed by atoms with Crippen molar-refractivity contribution in [1.29, 1.82) is 0 Å². The lowest BCUT2D eigenvalue weighted by atomic mass is 10.1. The van der Waals surface area contributed by atoms with Crippen LogP contribution in [0.2, 0.25) is 0 Å². The summed E-state index contributed by atoms with van der Waals surface area (Å²) >= 11 is 0. The molecular formula is C26H29ClF3N5O3S. The SMILES string of the molecule is CC(C)(C)OC(=O)N1CCN(c2nc(=O)n3c4c(cc(C(F)(F)F)cc24)[SH](Cl)C[C@H](c2ccccn2)C3)CC1. The number of halogens is 4. The molecule has 3 aromatic rings. The highest BCUT2D eigenvalue weighted by atomic mass is 35.7. The van der Waals surface area contributed by atoms with Gasteiger partial charge in [-0.1, -0.05) is 16.7 Å². The summed E-state index contributed by atoms with van der Waals surface area (Å²) in [6.07, 6.45) is -3.43. The number of ether oxygens (including phenoxy) is 1. The summed E-state index contributed by atoms with van der Waals surface area (Å²) in [5.41, 5.74) is -0.949. The monoisotopic (exact) mass is 583 g/mol. The first-order valence-corrected chi connectivity index (χ1v) is 15.0. The minimum Gasteiger partial charge on any atom is -0.444 e. The van der Waals surface area contributed by atoms with E-state index in [1.54, 1.807) is 42.8 Å². The summed E-state index contributed by atoms with van der Waals surface area (Å²) in [5, 5.41) is 0.222. The highest BCUT2D eigenvalue weighted by Crippen LogP contribution is 2.51. The Morgan fingerprint density at radius 3 is 2.46 bits per heavy atom. The maximum Gasteiger partial charge on any atom is 0.416 e. The van der Waals surface area contributed by atoms with Crippen LogP contribution in [0.3, 0.4) is 0 Å². The third-order valence-corrected chi connectivity index (χ3v) is 9.33. The molecule has 4 heterocycles. The lowest BCUT2D eigenvalue weighted by Crippen LogP contribution is -2.50. The second-order valence-corrected chi connectivity index (χ2v) is 13.5. The average Bonchev–Trinajstić information content (AvgIpc) is 3.02. The van der Waals surface area contributed by atoms with E-state index in [0.29, 0.717) is 16.2 Å². The van der Waals surface area contributed by atoms with Crippen LogP contribution in [-0.2, 0) is 17.5 Å². The van der Waals surface area contributed by atoms with Gasteiger partial charge in [0.1, 0.15) is 11.4 Å². The van der Waals surface area contributed by atoms with E-state index in [9.17, 15) is 22.8 Å². The second kappa shape index (κ2) is 10.2. The van der Waals surface area contributed by atoms with Gasteiger partial charge in [-0.25, -0.2) is 9.59 Å². The molecule has 1 unspecified atom stereocenters. The topological polar surface area (TPSA) is 80.6 Å². The molecule has 2 aliphatic heterocycles. The van der Waals surface area contributed by atoms with E-state index in [4.69, 9.17) is 15.4 Å². The number of carbonyl (C=O) groups excluding carboxylic acids is 1. The Morgan fingerprint density at radius 2 is 1.85 bits per heavy atom. The van der Waals surface area contributed by atoms with E-state index < -0.39 is 39.2 Å². The third kappa shape index (κ3) is 5.67. The van der Waals surface area contributed by atoms with Gasteiger partial charge in [-0.2, -0.15) is 18.2 Å². The molecule has 0 spiro atoms. The molecule has 0 radical (unpaired) electrons. The Balaban J connectivity index is 1.58. The molecule has 1 saturated heterocycles. The zero-order valence-electron chi connectivity index (χ0n) is 21.7. The predicted octanol–water partition coefficient (Wildman–Crippen LogP) is 5.18. The van der Waals surface area contributed by atoms with Crippen LogP contribution in [0.4, 0.5) is 23.8 Å². The number of hydrogen-bond acceptors (Lipinski definition) is 6. The number of anilines is 1. The number of hydrogen-bond donors (Lipinski definition) is 1. The lowest BCUT2D eigenvalue weighted by molar-refractivity contribution is -0.137. The van der Waals surface area contributed by atoms with E-state index in [0.717, 1.165) is 17.8 Å². The third-order valence-electron chi connectivity index (χ3n) is 6.74. The van der Waals surface area contributed by atoms with Gasteiger partial charge in [0.15, 0.2) is 0 Å². The standard InChI is InChI=1S/C26H29ClF3N5O3S/c1-25(2,3)38-24(37)34-10-8-33(9-11-34)22-18-12-17(26(28,29)30)13-20-21(18)35(23(36)32-22)14-16(15-39(20)27)19-6-4-5-7-31-19/h4-7,12-13,16,39H,8-11,14-15H2,1-3H3/t16-/m1/s1. The fourth-order valence-corrected chi connectivity index (χ4v) is 7.46. The molecule has 1 fully saturated rings. The number of alkyl halides is 3. The number of nitrogens with zero attached hydrogens (tertiary/aromatic N) is 5. The van der Waals surface area contributed by atoms with Gasteiger partial charge in [0.05, 0.1) is 11.1 Å². The molecule has 5 rings (SSSR count). The summed E-state index contributed by atoms with van der Waals surface area (Å²) < 4.78 is 49.0. The van der Waals surface area contributed by atoms with Crippen LogP contribution in [0.25, 0.3) is 10.9 Å². The van der Waals surface area contributed by atoms with Crippen molar-refractivity contribution in [1.82, 2.24) is 19.4 Å². The van der Waals surface area contributed by atoms with Crippen LogP contribution in [0, 0.1) is 0 Å². The van der Waals surface area contributed by atoms with Gasteiger partial charge in [0.25, 0.3) is 0 Å². The molecule has 1 aromatic carbocycles. The smallest absolute Gasteiger partial charge is 0.416 e. The molecule has 0 aliphatic carbocycles. The van der Waals surface area contributed by atoms with Crippen LogP contribution < -0.4 is 10.6 Å². The maximum absolute atomic E-state index is 14.0. The molecule has 1 amide bonds. The molecule has 0 N–H and O–H groups in total. The molecule has 39 heavy (non-hydrogen) atoms. The number of piperazine rings is 1. The van der Waals surface area contributed by atoms with Crippen LogP contribution in [-0.4, -0.2) is 63.1 Å². The maximum atomic E-state index is 14.0.